The summed E-state index contributed by atoms with van der Waals surface area (Å²) in [5.74, 6) is -0.0100. The van der Waals surface area contributed by atoms with E-state index in [0.717, 1.165) is 43.8 Å². The van der Waals surface area contributed by atoms with E-state index < -0.39 is 17.6 Å². The van der Waals surface area contributed by atoms with Crippen LogP contribution in [0.1, 0.15) is 59.9 Å². The Bertz CT molecular complexity index is 997. The van der Waals surface area contributed by atoms with Gasteiger partial charge in [-0.15, -0.1) is 0 Å². The molecule has 2 amide bonds. The average molecular weight is 462 g/mol. The summed E-state index contributed by atoms with van der Waals surface area (Å²) in [5.41, 5.74) is 0.580. The van der Waals surface area contributed by atoms with Crippen molar-refractivity contribution in [2.45, 2.75) is 39.8 Å². The highest BCUT2D eigenvalue weighted by Gasteiger charge is 2.31. The third kappa shape index (κ3) is 6.49. The van der Waals surface area contributed by atoms with Gasteiger partial charge in [-0.1, -0.05) is 26.8 Å². The number of halogens is 3. The van der Waals surface area contributed by atoms with E-state index in [1.165, 1.54) is 12.1 Å². The molecular formula is C25H30F3N3O2. The number of carbonyl (C=O) groups excluding carboxylic acids is 2. The number of hydrogen-bond donors (Lipinski definition) is 2. The Labute approximate surface area is 192 Å². The summed E-state index contributed by atoms with van der Waals surface area (Å²) in [6.07, 6.45) is -2.48. The highest BCUT2D eigenvalue weighted by Crippen LogP contribution is 2.31. The van der Waals surface area contributed by atoms with E-state index >= 15 is 0 Å². The Morgan fingerprint density at radius 2 is 1.76 bits per heavy atom. The van der Waals surface area contributed by atoms with Crippen LogP contribution in [0.3, 0.4) is 0 Å². The molecular weight excluding hydrogens is 431 g/mol. The van der Waals surface area contributed by atoms with Crippen molar-refractivity contribution in [1.82, 2.24) is 5.32 Å². The van der Waals surface area contributed by atoms with Gasteiger partial charge in [-0.3, -0.25) is 9.59 Å². The Morgan fingerprint density at radius 3 is 2.39 bits per heavy atom. The van der Waals surface area contributed by atoms with Crippen LogP contribution in [-0.2, 0) is 6.18 Å². The van der Waals surface area contributed by atoms with E-state index in [9.17, 15) is 22.8 Å². The summed E-state index contributed by atoms with van der Waals surface area (Å²) < 4.78 is 39.0. The molecule has 1 aliphatic rings. The summed E-state index contributed by atoms with van der Waals surface area (Å²) in [6.45, 7) is 8.39. The fourth-order valence-electron chi connectivity index (χ4n) is 3.75. The lowest BCUT2D eigenvalue weighted by Crippen LogP contribution is -2.35. The maximum absolute atomic E-state index is 13.0. The molecule has 1 heterocycles. The lowest BCUT2D eigenvalue weighted by molar-refractivity contribution is -0.137. The first-order valence-electron chi connectivity index (χ1n) is 11.2. The molecule has 0 saturated carbocycles. The van der Waals surface area contributed by atoms with E-state index in [0.29, 0.717) is 23.7 Å². The molecule has 1 aliphatic heterocycles. The van der Waals surface area contributed by atoms with Crippen molar-refractivity contribution in [1.29, 1.82) is 0 Å². The molecule has 2 aromatic carbocycles. The van der Waals surface area contributed by atoms with Crippen molar-refractivity contribution >= 4 is 23.2 Å². The number of benzene rings is 2. The summed E-state index contributed by atoms with van der Waals surface area (Å²) in [6, 6.07) is 9.32. The van der Waals surface area contributed by atoms with Gasteiger partial charge in [-0.05, 0) is 61.1 Å². The molecule has 0 aromatic heterocycles. The van der Waals surface area contributed by atoms with E-state index in [-0.39, 0.29) is 17.4 Å². The second-order valence-electron chi connectivity index (χ2n) is 9.04. The zero-order valence-corrected chi connectivity index (χ0v) is 19.1. The fraction of sp³-hybridized carbons (Fsp3) is 0.440. The number of piperidine rings is 1. The minimum Gasteiger partial charge on any atom is -0.371 e. The van der Waals surface area contributed by atoms with Crippen molar-refractivity contribution in [3.8, 4) is 0 Å². The van der Waals surface area contributed by atoms with Crippen LogP contribution in [0.15, 0.2) is 42.5 Å². The SMILES string of the molecule is CC(C)CNC(=O)c1cc(NC(=O)c2cccc(C(F)(F)F)c2)ccc1N1CCC(C)CC1. The molecule has 5 nitrogen and oxygen atoms in total. The maximum Gasteiger partial charge on any atom is 0.416 e. The maximum atomic E-state index is 13.0. The van der Waals surface area contributed by atoms with Gasteiger partial charge in [0.05, 0.1) is 11.1 Å². The first-order chi connectivity index (χ1) is 15.5. The standard InChI is InChI=1S/C25H30F3N3O2/c1-16(2)15-29-24(33)21-14-20(7-8-22(21)31-11-9-17(3)10-12-31)30-23(32)18-5-4-6-19(13-18)25(26,27)28/h4-8,13-14,16-17H,9-12,15H2,1-3H3,(H,29,33)(H,30,32). The molecule has 1 saturated heterocycles. The van der Waals surface area contributed by atoms with Crippen LogP contribution in [0.4, 0.5) is 24.5 Å². The number of anilines is 2. The van der Waals surface area contributed by atoms with E-state index in [2.05, 4.69) is 22.5 Å². The van der Waals surface area contributed by atoms with Gasteiger partial charge in [-0.25, -0.2) is 0 Å². The molecule has 0 radical (unpaired) electrons. The number of amides is 2. The average Bonchev–Trinajstić information content (AvgIpc) is 2.77. The van der Waals surface area contributed by atoms with Crippen molar-refractivity contribution in [2.24, 2.45) is 11.8 Å². The van der Waals surface area contributed by atoms with Gasteiger partial charge in [0.25, 0.3) is 11.8 Å². The number of nitrogens with zero attached hydrogens (tertiary/aromatic N) is 1. The zero-order valence-electron chi connectivity index (χ0n) is 19.1. The zero-order chi connectivity index (χ0) is 24.2. The Kier molecular flexibility index (Phi) is 7.66. The molecule has 2 aromatic rings. The second-order valence-corrected chi connectivity index (χ2v) is 9.04. The van der Waals surface area contributed by atoms with Gasteiger partial charge >= 0.3 is 6.18 Å². The molecule has 0 bridgehead atoms. The van der Waals surface area contributed by atoms with Crippen molar-refractivity contribution in [3.05, 3.63) is 59.2 Å². The van der Waals surface area contributed by atoms with Crippen LogP contribution < -0.4 is 15.5 Å². The molecule has 2 N–H and O–H groups in total. The number of alkyl halides is 3. The molecule has 0 spiro atoms. The summed E-state index contributed by atoms with van der Waals surface area (Å²) in [4.78, 5) is 27.8. The van der Waals surface area contributed by atoms with Crippen molar-refractivity contribution < 1.29 is 22.8 Å². The van der Waals surface area contributed by atoms with Crippen LogP contribution in [0.5, 0.6) is 0 Å². The van der Waals surface area contributed by atoms with Crippen LogP contribution in [0.2, 0.25) is 0 Å². The number of rotatable bonds is 6. The van der Waals surface area contributed by atoms with E-state index in [4.69, 9.17) is 0 Å². The second kappa shape index (κ2) is 10.3. The van der Waals surface area contributed by atoms with Crippen LogP contribution in [0.25, 0.3) is 0 Å². The minimum atomic E-state index is -4.54. The van der Waals surface area contributed by atoms with Crippen LogP contribution >= 0.6 is 0 Å². The van der Waals surface area contributed by atoms with E-state index in [1.54, 1.807) is 18.2 Å². The molecule has 0 atom stereocenters. The third-order valence-electron chi connectivity index (χ3n) is 5.75. The third-order valence-corrected chi connectivity index (χ3v) is 5.75. The fourth-order valence-corrected chi connectivity index (χ4v) is 3.75. The quantitative estimate of drug-likeness (QED) is 0.590. The molecule has 1 fully saturated rings. The largest absolute Gasteiger partial charge is 0.416 e. The Hall–Kier alpha value is -3.03. The summed E-state index contributed by atoms with van der Waals surface area (Å²) >= 11 is 0. The lowest BCUT2D eigenvalue weighted by Gasteiger charge is -2.33. The van der Waals surface area contributed by atoms with Crippen molar-refractivity contribution in [3.63, 3.8) is 0 Å². The topological polar surface area (TPSA) is 61.4 Å². The van der Waals surface area contributed by atoms with E-state index in [1.807, 2.05) is 13.8 Å². The number of hydrogen-bond acceptors (Lipinski definition) is 3. The monoisotopic (exact) mass is 461 g/mol. The summed E-state index contributed by atoms with van der Waals surface area (Å²) in [7, 11) is 0. The van der Waals surface area contributed by atoms with Gasteiger partial charge in [0.2, 0.25) is 0 Å². The summed E-state index contributed by atoms with van der Waals surface area (Å²) in [5, 5.41) is 5.55. The Balaban J connectivity index is 1.86. The predicted octanol–water partition coefficient (Wildman–Crippen LogP) is 5.58. The Morgan fingerprint density at radius 1 is 1.06 bits per heavy atom. The van der Waals surface area contributed by atoms with Gasteiger partial charge in [0.1, 0.15) is 0 Å². The highest BCUT2D eigenvalue weighted by atomic mass is 19.4. The molecule has 33 heavy (non-hydrogen) atoms. The van der Waals surface area contributed by atoms with Crippen LogP contribution in [0, 0.1) is 11.8 Å². The highest BCUT2D eigenvalue weighted by molar-refractivity contribution is 6.06. The van der Waals surface area contributed by atoms with Gasteiger partial charge in [0, 0.05) is 36.6 Å². The smallest absolute Gasteiger partial charge is 0.371 e. The van der Waals surface area contributed by atoms with Crippen LogP contribution in [-0.4, -0.2) is 31.4 Å². The van der Waals surface area contributed by atoms with Crippen molar-refractivity contribution in [2.75, 3.05) is 29.9 Å². The minimum absolute atomic E-state index is 0.107. The van der Waals surface area contributed by atoms with Gasteiger partial charge in [-0.2, -0.15) is 13.2 Å². The first kappa shape index (κ1) is 24.6. The molecule has 178 valence electrons. The normalized spacial score (nSPS) is 14.9. The molecule has 0 unspecified atom stereocenters. The molecule has 3 rings (SSSR count). The lowest BCUT2D eigenvalue weighted by atomic mass is 9.97. The van der Waals surface area contributed by atoms with Gasteiger partial charge in [0.15, 0.2) is 0 Å². The predicted molar refractivity (Wildman–Crippen MR) is 124 cm³/mol. The molecule has 0 aliphatic carbocycles. The van der Waals surface area contributed by atoms with Gasteiger partial charge < -0.3 is 15.5 Å². The number of nitrogens with one attached hydrogen (secondary N) is 2. The molecule has 8 heteroatoms. The first-order valence-corrected chi connectivity index (χ1v) is 11.2. The number of carbonyl (C=O) groups is 2.